The number of anilines is 2. The Morgan fingerprint density at radius 2 is 1.63 bits per heavy atom. The first-order valence-electron chi connectivity index (χ1n) is 13.2. The number of aryl methyl sites for hydroxylation is 2. The van der Waals surface area contributed by atoms with Crippen molar-refractivity contribution in [3.63, 3.8) is 0 Å². The summed E-state index contributed by atoms with van der Waals surface area (Å²) in [6.07, 6.45) is 0.00316. The SMILES string of the molecule is COc1nc(C)cc(NS(=O)(=O)c2ccc(NC(=O)Cc3c(C)n(C(=O)c4ccc(Cl)cc4)c4ccc(C)cc34)cc2)n1. The number of rotatable bonds is 8. The summed E-state index contributed by atoms with van der Waals surface area (Å²) in [6.45, 7) is 5.45. The van der Waals surface area contributed by atoms with Crippen molar-refractivity contribution >= 4 is 55.8 Å². The zero-order valence-electron chi connectivity index (χ0n) is 23.8. The molecular formula is C31H28ClN5O5S. The summed E-state index contributed by atoms with van der Waals surface area (Å²) in [6, 6.07) is 19.7. The summed E-state index contributed by atoms with van der Waals surface area (Å²) < 4.78 is 34.9. The number of halogens is 1. The third kappa shape index (κ3) is 6.37. The van der Waals surface area contributed by atoms with E-state index in [1.54, 1.807) is 35.8 Å². The Labute approximate surface area is 253 Å². The van der Waals surface area contributed by atoms with Gasteiger partial charge in [-0.15, -0.1) is 0 Å². The van der Waals surface area contributed by atoms with Crippen molar-refractivity contribution in [2.45, 2.75) is 32.1 Å². The number of hydrogen-bond donors (Lipinski definition) is 2. The van der Waals surface area contributed by atoms with Crippen molar-refractivity contribution in [3.8, 4) is 6.01 Å². The molecule has 0 bridgehead atoms. The molecule has 0 fully saturated rings. The van der Waals surface area contributed by atoms with Gasteiger partial charge in [-0.05, 0) is 87.0 Å². The molecule has 12 heteroatoms. The number of nitrogens with zero attached hydrogens (tertiary/aromatic N) is 3. The van der Waals surface area contributed by atoms with E-state index in [0.717, 1.165) is 16.5 Å². The molecular weight excluding hydrogens is 590 g/mol. The van der Waals surface area contributed by atoms with Gasteiger partial charge in [-0.3, -0.25) is 18.9 Å². The van der Waals surface area contributed by atoms with Crippen molar-refractivity contribution in [2.75, 3.05) is 17.1 Å². The van der Waals surface area contributed by atoms with Crippen LogP contribution in [0.4, 0.5) is 11.5 Å². The molecule has 3 aromatic carbocycles. The number of nitrogens with one attached hydrogen (secondary N) is 2. The molecule has 0 aliphatic heterocycles. The molecule has 0 unspecified atom stereocenters. The topological polar surface area (TPSA) is 132 Å². The first kappa shape index (κ1) is 29.7. The van der Waals surface area contributed by atoms with Gasteiger partial charge in [0.05, 0.1) is 23.9 Å². The van der Waals surface area contributed by atoms with E-state index in [0.29, 0.717) is 33.2 Å². The van der Waals surface area contributed by atoms with Crippen molar-refractivity contribution < 1.29 is 22.7 Å². The van der Waals surface area contributed by atoms with Crippen LogP contribution in [0.25, 0.3) is 10.9 Å². The maximum Gasteiger partial charge on any atom is 0.318 e. The van der Waals surface area contributed by atoms with Crippen LogP contribution in [0.3, 0.4) is 0 Å². The summed E-state index contributed by atoms with van der Waals surface area (Å²) in [5, 5.41) is 4.16. The van der Waals surface area contributed by atoms with Gasteiger partial charge in [0.1, 0.15) is 5.82 Å². The number of benzene rings is 3. The van der Waals surface area contributed by atoms with Crippen LogP contribution < -0.4 is 14.8 Å². The van der Waals surface area contributed by atoms with E-state index < -0.39 is 10.0 Å². The molecule has 2 aromatic heterocycles. The van der Waals surface area contributed by atoms with Crippen LogP contribution in [-0.4, -0.2) is 41.9 Å². The Hall–Kier alpha value is -4.74. The monoisotopic (exact) mass is 617 g/mol. The molecule has 1 amide bonds. The van der Waals surface area contributed by atoms with Crippen molar-refractivity contribution in [1.82, 2.24) is 14.5 Å². The number of carbonyl (C=O) groups excluding carboxylic acids is 2. The Kier molecular flexibility index (Phi) is 8.21. The number of carbonyl (C=O) groups is 2. The maximum atomic E-state index is 13.5. The van der Waals surface area contributed by atoms with E-state index in [1.165, 1.54) is 37.4 Å². The van der Waals surface area contributed by atoms with Crippen LogP contribution in [-0.2, 0) is 21.2 Å². The second-order valence-electron chi connectivity index (χ2n) is 9.97. The Balaban J connectivity index is 1.36. The van der Waals surface area contributed by atoms with Crippen molar-refractivity contribution in [2.24, 2.45) is 0 Å². The lowest BCUT2D eigenvalue weighted by atomic mass is 10.1. The lowest BCUT2D eigenvalue weighted by Gasteiger charge is -2.10. The smallest absolute Gasteiger partial charge is 0.318 e. The molecule has 0 aliphatic rings. The number of amides is 1. The quantitative estimate of drug-likeness (QED) is 0.229. The molecule has 5 rings (SSSR count). The molecule has 5 aromatic rings. The van der Waals surface area contributed by atoms with Gasteiger partial charge in [0.25, 0.3) is 15.9 Å². The maximum absolute atomic E-state index is 13.5. The molecule has 43 heavy (non-hydrogen) atoms. The minimum absolute atomic E-state index is 0.00316. The number of sulfonamides is 1. The molecule has 10 nitrogen and oxygen atoms in total. The molecule has 0 saturated carbocycles. The second kappa shape index (κ2) is 11.9. The fourth-order valence-corrected chi connectivity index (χ4v) is 5.89. The number of hydrogen-bond acceptors (Lipinski definition) is 7. The van der Waals surface area contributed by atoms with Gasteiger partial charge >= 0.3 is 6.01 Å². The van der Waals surface area contributed by atoms with E-state index in [1.807, 2.05) is 32.0 Å². The molecule has 0 radical (unpaired) electrons. The van der Waals surface area contributed by atoms with Crippen LogP contribution in [0.5, 0.6) is 6.01 Å². The number of methoxy groups -OCH3 is 1. The highest BCUT2D eigenvalue weighted by Gasteiger charge is 2.22. The van der Waals surface area contributed by atoms with Gasteiger partial charge < -0.3 is 10.1 Å². The van der Waals surface area contributed by atoms with E-state index in [-0.39, 0.29) is 35.0 Å². The van der Waals surface area contributed by atoms with E-state index in [4.69, 9.17) is 16.3 Å². The first-order valence-corrected chi connectivity index (χ1v) is 15.0. The van der Waals surface area contributed by atoms with Gasteiger partial charge in [0.15, 0.2) is 0 Å². The van der Waals surface area contributed by atoms with Gasteiger partial charge in [-0.25, -0.2) is 13.4 Å². The summed E-state index contributed by atoms with van der Waals surface area (Å²) in [5.41, 5.74) is 4.48. The summed E-state index contributed by atoms with van der Waals surface area (Å²) in [5.74, 6) is -0.475. The lowest BCUT2D eigenvalue weighted by molar-refractivity contribution is -0.115. The summed E-state index contributed by atoms with van der Waals surface area (Å²) >= 11 is 6.01. The van der Waals surface area contributed by atoms with Crippen LogP contribution in [0.1, 0.15) is 32.9 Å². The highest BCUT2D eigenvalue weighted by atomic mass is 35.5. The number of fused-ring (bicyclic) bond motifs is 1. The average Bonchev–Trinajstić information content (AvgIpc) is 3.22. The van der Waals surface area contributed by atoms with Crippen molar-refractivity contribution in [3.05, 3.63) is 106 Å². The second-order valence-corrected chi connectivity index (χ2v) is 12.1. The zero-order chi connectivity index (χ0) is 30.9. The minimum atomic E-state index is -3.96. The van der Waals surface area contributed by atoms with Crippen LogP contribution in [0.2, 0.25) is 5.02 Å². The first-order chi connectivity index (χ1) is 20.4. The lowest BCUT2D eigenvalue weighted by Crippen LogP contribution is -2.17. The normalized spacial score (nSPS) is 11.4. The largest absolute Gasteiger partial charge is 0.467 e. The van der Waals surface area contributed by atoms with Gasteiger partial charge in [0.2, 0.25) is 5.91 Å². The highest BCUT2D eigenvalue weighted by Crippen LogP contribution is 2.29. The zero-order valence-corrected chi connectivity index (χ0v) is 25.4. The van der Waals surface area contributed by atoms with Gasteiger partial charge in [-0.2, -0.15) is 4.98 Å². The van der Waals surface area contributed by atoms with E-state index >= 15 is 0 Å². The van der Waals surface area contributed by atoms with Crippen LogP contribution in [0, 0.1) is 20.8 Å². The summed E-state index contributed by atoms with van der Waals surface area (Å²) in [7, 11) is -2.57. The Bertz CT molecular complexity index is 1970. The summed E-state index contributed by atoms with van der Waals surface area (Å²) in [4.78, 5) is 34.7. The third-order valence-corrected chi connectivity index (χ3v) is 8.45. The predicted octanol–water partition coefficient (Wildman–Crippen LogP) is 5.69. The fraction of sp³-hybridized carbons (Fsp3) is 0.161. The molecule has 220 valence electrons. The van der Waals surface area contributed by atoms with Crippen molar-refractivity contribution in [1.29, 1.82) is 0 Å². The third-order valence-electron chi connectivity index (χ3n) is 6.83. The molecule has 2 heterocycles. The fourth-order valence-electron chi connectivity index (χ4n) is 4.77. The highest BCUT2D eigenvalue weighted by molar-refractivity contribution is 7.92. The minimum Gasteiger partial charge on any atom is -0.467 e. The standard InChI is InChI=1S/C31H28ClN5O5S/c1-18-5-14-27-26(15-18)25(20(3)37(27)30(39)21-6-8-22(32)9-7-21)17-29(38)34-23-10-12-24(13-11-23)43(40,41)36-28-16-19(2)33-31(35-28)42-4/h5-16H,17H2,1-4H3,(H,34,38)(H,33,35,36). The Morgan fingerprint density at radius 1 is 0.930 bits per heavy atom. The molecule has 2 N–H and O–H groups in total. The molecule has 0 aliphatic carbocycles. The predicted molar refractivity (Wildman–Crippen MR) is 165 cm³/mol. The Morgan fingerprint density at radius 3 is 2.30 bits per heavy atom. The average molecular weight is 618 g/mol. The van der Waals surface area contributed by atoms with Crippen LogP contribution >= 0.6 is 11.6 Å². The number of ether oxygens (including phenoxy) is 1. The van der Waals surface area contributed by atoms with Gasteiger partial charge in [-0.1, -0.05) is 23.2 Å². The van der Waals surface area contributed by atoms with E-state index in [2.05, 4.69) is 20.0 Å². The molecule has 0 spiro atoms. The van der Waals surface area contributed by atoms with Crippen LogP contribution in [0.15, 0.2) is 77.7 Å². The molecule has 0 saturated heterocycles. The molecule has 0 atom stereocenters. The van der Waals surface area contributed by atoms with E-state index in [9.17, 15) is 18.0 Å². The number of aromatic nitrogens is 3. The van der Waals surface area contributed by atoms with Gasteiger partial charge in [0, 0.05) is 39.1 Å².